The van der Waals surface area contributed by atoms with Crippen molar-refractivity contribution in [2.75, 3.05) is 25.6 Å². The fraction of sp³-hybridized carbons (Fsp3) is 0.417. The van der Waals surface area contributed by atoms with E-state index in [1.165, 1.54) is 0 Å². The summed E-state index contributed by atoms with van der Waals surface area (Å²) in [5.41, 5.74) is 4.25. The van der Waals surface area contributed by atoms with E-state index in [-0.39, 0.29) is 18.2 Å². The number of rotatable bonds is 3. The Morgan fingerprint density at radius 2 is 2.28 bits per heavy atom. The number of anilines is 1. The molecule has 1 aliphatic rings. The van der Waals surface area contributed by atoms with Crippen LogP contribution >= 0.6 is 0 Å². The molecule has 6 heteroatoms. The number of carbonyl (C=O) groups excluding carboxylic acids is 1. The maximum absolute atomic E-state index is 13.5. The molecule has 18 heavy (non-hydrogen) atoms. The highest BCUT2D eigenvalue weighted by atomic mass is 19.1. The van der Waals surface area contributed by atoms with E-state index in [1.54, 1.807) is 0 Å². The van der Waals surface area contributed by atoms with Gasteiger partial charge in [0.1, 0.15) is 11.4 Å². The molecular formula is C12H13F2NO3. The molecule has 0 aromatic heterocycles. The first-order chi connectivity index (χ1) is 8.59. The van der Waals surface area contributed by atoms with Crippen molar-refractivity contribution >= 4 is 11.7 Å². The zero-order chi connectivity index (χ0) is 13.1. The average molecular weight is 257 g/mol. The summed E-state index contributed by atoms with van der Waals surface area (Å²) in [6.45, 7) is 1.20. The lowest BCUT2D eigenvalue weighted by atomic mass is 10.1. The lowest BCUT2D eigenvalue weighted by molar-refractivity contribution is 0.0417. The van der Waals surface area contributed by atoms with Gasteiger partial charge in [0.25, 0.3) is 0 Å². The molecule has 98 valence electrons. The number of halogens is 2. The van der Waals surface area contributed by atoms with Crippen LogP contribution in [0.4, 0.5) is 14.5 Å². The second-order valence-electron chi connectivity index (χ2n) is 4.15. The summed E-state index contributed by atoms with van der Waals surface area (Å²) in [6, 6.07) is 2.00. The lowest BCUT2D eigenvalue weighted by Crippen LogP contribution is -2.17. The van der Waals surface area contributed by atoms with E-state index in [4.69, 9.17) is 15.2 Å². The average Bonchev–Trinajstić information content (AvgIpc) is 2.85. The highest BCUT2D eigenvalue weighted by Crippen LogP contribution is 2.20. The molecule has 1 atom stereocenters. The van der Waals surface area contributed by atoms with Crippen LogP contribution in [0.25, 0.3) is 0 Å². The zero-order valence-electron chi connectivity index (χ0n) is 9.62. The Hall–Kier alpha value is -1.69. The van der Waals surface area contributed by atoms with Crippen molar-refractivity contribution in [3.05, 3.63) is 29.3 Å². The van der Waals surface area contributed by atoms with Gasteiger partial charge < -0.3 is 15.2 Å². The standard InChI is InChI=1S/C12H13F2NO3/c13-8-1-2-9(15)11(14)10(8)12(16)18-6-7-3-4-17-5-7/h1-2,7H,3-6,15H2. The van der Waals surface area contributed by atoms with E-state index < -0.39 is 23.2 Å². The van der Waals surface area contributed by atoms with Gasteiger partial charge in [0.2, 0.25) is 0 Å². The molecule has 0 aliphatic carbocycles. The number of nitrogen functional groups attached to an aromatic ring is 1. The normalized spacial score (nSPS) is 18.9. The second kappa shape index (κ2) is 5.30. The largest absolute Gasteiger partial charge is 0.462 e. The molecule has 4 nitrogen and oxygen atoms in total. The first-order valence-corrected chi connectivity index (χ1v) is 5.58. The quantitative estimate of drug-likeness (QED) is 0.661. The van der Waals surface area contributed by atoms with E-state index in [2.05, 4.69) is 0 Å². The number of carbonyl (C=O) groups is 1. The summed E-state index contributed by atoms with van der Waals surface area (Å²) in [5, 5.41) is 0. The van der Waals surface area contributed by atoms with E-state index >= 15 is 0 Å². The van der Waals surface area contributed by atoms with Crippen LogP contribution in [-0.2, 0) is 9.47 Å². The van der Waals surface area contributed by atoms with Crippen LogP contribution in [0.15, 0.2) is 12.1 Å². The second-order valence-corrected chi connectivity index (χ2v) is 4.15. The van der Waals surface area contributed by atoms with Gasteiger partial charge in [-0.1, -0.05) is 0 Å². The molecule has 1 fully saturated rings. The minimum atomic E-state index is -1.08. The van der Waals surface area contributed by atoms with Crippen molar-refractivity contribution < 1.29 is 23.0 Å². The summed E-state index contributed by atoms with van der Waals surface area (Å²) >= 11 is 0. The number of esters is 1. The lowest BCUT2D eigenvalue weighted by Gasteiger charge is -2.10. The summed E-state index contributed by atoms with van der Waals surface area (Å²) < 4.78 is 36.9. The third-order valence-electron chi connectivity index (χ3n) is 2.80. The zero-order valence-corrected chi connectivity index (χ0v) is 9.62. The summed E-state index contributed by atoms with van der Waals surface area (Å²) in [7, 11) is 0. The van der Waals surface area contributed by atoms with Crippen molar-refractivity contribution in [2.24, 2.45) is 5.92 Å². The van der Waals surface area contributed by atoms with Crippen LogP contribution in [-0.4, -0.2) is 25.8 Å². The molecule has 1 aliphatic heterocycles. The maximum atomic E-state index is 13.5. The van der Waals surface area contributed by atoms with Crippen molar-refractivity contribution in [3.8, 4) is 0 Å². The van der Waals surface area contributed by atoms with E-state index in [0.29, 0.717) is 13.2 Å². The molecule has 0 bridgehead atoms. The summed E-state index contributed by atoms with van der Waals surface area (Å²) in [5.74, 6) is -3.01. The highest BCUT2D eigenvalue weighted by Gasteiger charge is 2.23. The highest BCUT2D eigenvalue weighted by molar-refractivity contribution is 5.91. The van der Waals surface area contributed by atoms with Crippen LogP contribution in [0.2, 0.25) is 0 Å². The van der Waals surface area contributed by atoms with Gasteiger partial charge in [-0.05, 0) is 18.6 Å². The predicted molar refractivity (Wildman–Crippen MR) is 60.0 cm³/mol. The molecule has 0 saturated carbocycles. The Morgan fingerprint density at radius 1 is 1.50 bits per heavy atom. The van der Waals surface area contributed by atoms with Gasteiger partial charge >= 0.3 is 5.97 Å². The first-order valence-electron chi connectivity index (χ1n) is 5.58. The van der Waals surface area contributed by atoms with E-state index in [1.807, 2.05) is 0 Å². The summed E-state index contributed by atoms with van der Waals surface area (Å²) in [4.78, 5) is 11.6. The molecule has 1 heterocycles. The smallest absolute Gasteiger partial charge is 0.344 e. The van der Waals surface area contributed by atoms with Gasteiger partial charge in [-0.25, -0.2) is 13.6 Å². The molecule has 0 radical (unpaired) electrons. The van der Waals surface area contributed by atoms with E-state index in [9.17, 15) is 13.6 Å². The number of nitrogens with two attached hydrogens (primary N) is 1. The molecule has 0 spiro atoms. The molecule has 1 unspecified atom stereocenters. The molecule has 1 aromatic rings. The van der Waals surface area contributed by atoms with Crippen molar-refractivity contribution in [1.29, 1.82) is 0 Å². The van der Waals surface area contributed by atoms with Crippen molar-refractivity contribution in [1.82, 2.24) is 0 Å². The molecule has 2 N–H and O–H groups in total. The van der Waals surface area contributed by atoms with Crippen molar-refractivity contribution in [3.63, 3.8) is 0 Å². The van der Waals surface area contributed by atoms with Gasteiger partial charge in [0, 0.05) is 12.5 Å². The van der Waals surface area contributed by atoms with Gasteiger partial charge in [-0.15, -0.1) is 0 Å². The Morgan fingerprint density at radius 3 is 2.94 bits per heavy atom. The molecule has 1 aromatic carbocycles. The van der Waals surface area contributed by atoms with Crippen LogP contribution in [0, 0.1) is 17.6 Å². The fourth-order valence-corrected chi connectivity index (χ4v) is 1.74. The summed E-state index contributed by atoms with van der Waals surface area (Å²) in [6.07, 6.45) is 0.773. The maximum Gasteiger partial charge on any atom is 0.344 e. The third-order valence-corrected chi connectivity index (χ3v) is 2.80. The van der Waals surface area contributed by atoms with Crippen molar-refractivity contribution in [2.45, 2.75) is 6.42 Å². The predicted octanol–water partition coefficient (Wildman–Crippen LogP) is 1.74. The number of benzene rings is 1. The Kier molecular flexibility index (Phi) is 3.76. The van der Waals surface area contributed by atoms with Gasteiger partial charge in [0.15, 0.2) is 5.82 Å². The van der Waals surface area contributed by atoms with E-state index in [0.717, 1.165) is 18.6 Å². The van der Waals surface area contributed by atoms with Gasteiger partial charge in [-0.2, -0.15) is 0 Å². The Balaban J connectivity index is 2.06. The number of hydrogen-bond acceptors (Lipinski definition) is 4. The molecule has 2 rings (SSSR count). The topological polar surface area (TPSA) is 61.6 Å². The SMILES string of the molecule is Nc1ccc(F)c(C(=O)OCC2CCOC2)c1F. The number of hydrogen-bond donors (Lipinski definition) is 1. The van der Waals surface area contributed by atoms with Crippen LogP contribution in [0.5, 0.6) is 0 Å². The fourth-order valence-electron chi connectivity index (χ4n) is 1.74. The molecule has 0 amide bonds. The Labute approximate surface area is 103 Å². The third kappa shape index (κ3) is 2.59. The van der Waals surface area contributed by atoms with Gasteiger partial charge in [0.05, 0.1) is 18.9 Å². The molecular weight excluding hydrogens is 244 g/mol. The minimum absolute atomic E-state index is 0.0844. The monoisotopic (exact) mass is 257 g/mol. The minimum Gasteiger partial charge on any atom is -0.462 e. The van der Waals surface area contributed by atoms with Gasteiger partial charge in [-0.3, -0.25) is 0 Å². The van der Waals surface area contributed by atoms with Crippen LogP contribution in [0.3, 0.4) is 0 Å². The Bertz CT molecular complexity index is 459. The van der Waals surface area contributed by atoms with Crippen LogP contribution < -0.4 is 5.73 Å². The number of ether oxygens (including phenoxy) is 2. The van der Waals surface area contributed by atoms with Crippen LogP contribution in [0.1, 0.15) is 16.8 Å². The molecule has 1 saturated heterocycles. The first kappa shape index (κ1) is 12.8.